The van der Waals surface area contributed by atoms with Crippen LogP contribution in [0.25, 0.3) is 10.8 Å². The number of hydrogen-bond acceptors (Lipinski definition) is 9. The number of carbonyl (C=O) groups excluding carboxylic acids is 2. The molecule has 2 aromatic heterocycles. The van der Waals surface area contributed by atoms with Crippen molar-refractivity contribution in [2.75, 3.05) is 11.5 Å². The second-order valence-electron chi connectivity index (χ2n) is 6.84. The van der Waals surface area contributed by atoms with Crippen LogP contribution in [-0.4, -0.2) is 47.9 Å². The van der Waals surface area contributed by atoms with Gasteiger partial charge in [-0.05, 0) is 43.2 Å². The van der Waals surface area contributed by atoms with Crippen molar-refractivity contribution in [1.29, 1.82) is 0 Å². The fraction of sp³-hybridized carbons (Fsp3) is 0.211. The number of sulfonamides is 1. The van der Waals surface area contributed by atoms with E-state index < -0.39 is 28.5 Å². The van der Waals surface area contributed by atoms with Crippen LogP contribution in [0.3, 0.4) is 0 Å². The van der Waals surface area contributed by atoms with Gasteiger partial charge in [-0.25, -0.2) is 33.3 Å². The van der Waals surface area contributed by atoms with Crippen molar-refractivity contribution in [2.24, 2.45) is 5.14 Å². The average Bonchev–Trinajstić information content (AvgIpc) is 3.35. The third kappa shape index (κ3) is 4.31. The molecule has 1 amide bonds. The summed E-state index contributed by atoms with van der Waals surface area (Å²) in [6.07, 6.45) is 3.60. The minimum absolute atomic E-state index is 0.0130. The van der Waals surface area contributed by atoms with Gasteiger partial charge < -0.3 is 9.64 Å². The van der Waals surface area contributed by atoms with E-state index in [1.165, 1.54) is 39.8 Å². The molecule has 0 fully saturated rings. The maximum absolute atomic E-state index is 12.7. The predicted octanol–water partition coefficient (Wildman–Crippen LogP) is 1.38. The number of benzene rings is 1. The van der Waals surface area contributed by atoms with Gasteiger partial charge in [0.1, 0.15) is 0 Å². The van der Waals surface area contributed by atoms with Crippen molar-refractivity contribution in [3.63, 3.8) is 0 Å². The van der Waals surface area contributed by atoms with Crippen LogP contribution in [0.2, 0.25) is 0 Å². The number of carbonyl (C=O) groups is 2. The van der Waals surface area contributed by atoms with Crippen LogP contribution < -0.4 is 10.0 Å². The Balaban J connectivity index is 1.44. The molecule has 160 valence electrons. The number of thiazole rings is 1. The maximum atomic E-state index is 12.7. The quantitative estimate of drug-likeness (QED) is 0.563. The van der Waals surface area contributed by atoms with Gasteiger partial charge in [-0.15, -0.1) is 11.3 Å². The second kappa shape index (κ2) is 8.13. The van der Waals surface area contributed by atoms with Crippen molar-refractivity contribution in [2.45, 2.75) is 24.3 Å². The summed E-state index contributed by atoms with van der Waals surface area (Å²) < 4.78 is 28.3. The zero-order chi connectivity index (χ0) is 22.2. The van der Waals surface area contributed by atoms with E-state index in [4.69, 9.17) is 9.88 Å². The summed E-state index contributed by atoms with van der Waals surface area (Å²) in [6, 6.07) is 5.79. The lowest BCUT2D eigenvalue weighted by Gasteiger charge is -2.22. The number of nitrogens with two attached hydrogens (primary N) is 1. The Morgan fingerprint density at radius 3 is 2.74 bits per heavy atom. The van der Waals surface area contributed by atoms with Crippen molar-refractivity contribution < 1.29 is 22.7 Å². The molecular weight excluding hydrogens is 442 g/mol. The van der Waals surface area contributed by atoms with Gasteiger partial charge in [-0.3, -0.25) is 4.79 Å². The highest BCUT2D eigenvalue weighted by Crippen LogP contribution is 2.33. The molecule has 31 heavy (non-hydrogen) atoms. The first-order valence-corrected chi connectivity index (χ1v) is 11.5. The molecule has 1 unspecified atom stereocenters. The molecule has 3 heterocycles. The van der Waals surface area contributed by atoms with Gasteiger partial charge in [-0.2, -0.15) is 0 Å². The molecule has 1 aromatic carbocycles. The standard InChI is InChI=1S/C19H17N5O5S2/c1-11-7-12-8-13(31(20,27)28)3-4-15(12)24(11)16(25)9-29-19(26)14-10-30-18(23-14)17-21-5-2-6-22-17/h2-6,8,10-11H,7,9H2,1H3,(H2,20,27,28). The number of esters is 1. The lowest BCUT2D eigenvalue weighted by Crippen LogP contribution is -2.38. The largest absolute Gasteiger partial charge is 0.451 e. The average molecular weight is 460 g/mol. The number of primary sulfonamides is 1. The van der Waals surface area contributed by atoms with E-state index in [-0.39, 0.29) is 16.6 Å². The van der Waals surface area contributed by atoms with E-state index in [2.05, 4.69) is 15.0 Å². The van der Waals surface area contributed by atoms with Gasteiger partial charge in [-0.1, -0.05) is 0 Å². The third-order valence-electron chi connectivity index (χ3n) is 4.66. The Hall–Kier alpha value is -3.22. The van der Waals surface area contributed by atoms with Crippen LogP contribution in [0.4, 0.5) is 5.69 Å². The molecule has 1 atom stereocenters. The SMILES string of the molecule is CC1Cc2cc(S(N)(=O)=O)ccc2N1C(=O)COC(=O)c1csc(-c2ncccn2)n1. The van der Waals surface area contributed by atoms with Crippen LogP contribution in [0.15, 0.2) is 46.9 Å². The maximum Gasteiger partial charge on any atom is 0.358 e. The summed E-state index contributed by atoms with van der Waals surface area (Å²) in [7, 11) is -3.84. The molecule has 0 aliphatic carbocycles. The van der Waals surface area contributed by atoms with Gasteiger partial charge in [0.05, 0.1) is 4.90 Å². The number of rotatable bonds is 5. The second-order valence-corrected chi connectivity index (χ2v) is 9.26. The summed E-state index contributed by atoms with van der Waals surface area (Å²) in [5, 5.41) is 7.16. The lowest BCUT2D eigenvalue weighted by atomic mass is 10.1. The van der Waals surface area contributed by atoms with Gasteiger partial charge in [0.15, 0.2) is 23.1 Å². The Bertz CT molecular complexity index is 1260. The van der Waals surface area contributed by atoms with E-state index in [9.17, 15) is 18.0 Å². The Labute approximate surface area is 181 Å². The number of ether oxygens (including phenoxy) is 1. The molecule has 0 radical (unpaired) electrons. The molecule has 4 rings (SSSR count). The zero-order valence-corrected chi connectivity index (χ0v) is 17.9. The van der Waals surface area contributed by atoms with E-state index in [0.717, 1.165) is 0 Å². The van der Waals surface area contributed by atoms with Gasteiger partial charge in [0, 0.05) is 29.5 Å². The van der Waals surface area contributed by atoms with Crippen LogP contribution >= 0.6 is 11.3 Å². The van der Waals surface area contributed by atoms with E-state index in [1.54, 1.807) is 18.5 Å². The van der Waals surface area contributed by atoms with Crippen LogP contribution in [0, 0.1) is 0 Å². The fourth-order valence-corrected chi connectivity index (χ4v) is 4.61. The molecule has 0 saturated heterocycles. The van der Waals surface area contributed by atoms with Crippen LogP contribution in [0.5, 0.6) is 0 Å². The molecule has 1 aliphatic rings. The third-order valence-corrected chi connectivity index (χ3v) is 6.41. The van der Waals surface area contributed by atoms with E-state index in [1.807, 2.05) is 6.92 Å². The molecular formula is C19H17N5O5S2. The molecule has 12 heteroatoms. The first-order chi connectivity index (χ1) is 14.7. The number of amides is 1. The predicted molar refractivity (Wildman–Crippen MR) is 112 cm³/mol. The molecule has 1 aliphatic heterocycles. The number of hydrogen-bond donors (Lipinski definition) is 1. The van der Waals surface area contributed by atoms with Crippen molar-refractivity contribution >= 4 is 38.9 Å². The molecule has 0 saturated carbocycles. The topological polar surface area (TPSA) is 145 Å². The summed E-state index contributed by atoms with van der Waals surface area (Å²) >= 11 is 1.19. The number of anilines is 1. The molecule has 0 bridgehead atoms. The number of aromatic nitrogens is 3. The molecule has 3 aromatic rings. The van der Waals surface area contributed by atoms with Crippen LogP contribution in [0.1, 0.15) is 23.0 Å². The van der Waals surface area contributed by atoms with Crippen LogP contribution in [-0.2, 0) is 26.0 Å². The molecule has 0 spiro atoms. The van der Waals surface area contributed by atoms with Gasteiger partial charge in [0.25, 0.3) is 5.91 Å². The summed E-state index contributed by atoms with van der Waals surface area (Å²) in [4.78, 5) is 38.8. The van der Waals surface area contributed by atoms with Crippen molar-refractivity contribution in [3.05, 3.63) is 53.3 Å². The normalized spacial score (nSPS) is 15.5. The van der Waals surface area contributed by atoms with Crippen molar-refractivity contribution in [3.8, 4) is 10.8 Å². The molecule has 10 nitrogen and oxygen atoms in total. The highest BCUT2D eigenvalue weighted by atomic mass is 32.2. The summed E-state index contributed by atoms with van der Waals surface area (Å²) in [5.74, 6) is -0.766. The minimum atomic E-state index is -3.84. The zero-order valence-electron chi connectivity index (χ0n) is 16.3. The van der Waals surface area contributed by atoms with E-state index in [0.29, 0.717) is 28.5 Å². The van der Waals surface area contributed by atoms with Gasteiger partial charge >= 0.3 is 5.97 Å². The number of nitrogens with zero attached hydrogens (tertiary/aromatic N) is 4. The van der Waals surface area contributed by atoms with Gasteiger partial charge in [0.2, 0.25) is 10.0 Å². The Morgan fingerprint density at radius 2 is 2.03 bits per heavy atom. The highest BCUT2D eigenvalue weighted by Gasteiger charge is 2.32. The Kier molecular flexibility index (Phi) is 5.52. The van der Waals surface area contributed by atoms with E-state index >= 15 is 0 Å². The Morgan fingerprint density at radius 1 is 1.29 bits per heavy atom. The lowest BCUT2D eigenvalue weighted by molar-refractivity contribution is -0.122. The fourth-order valence-electron chi connectivity index (χ4n) is 3.31. The summed E-state index contributed by atoms with van der Waals surface area (Å²) in [5.41, 5.74) is 1.32. The molecule has 2 N–H and O–H groups in total. The highest BCUT2D eigenvalue weighted by molar-refractivity contribution is 7.89. The summed E-state index contributed by atoms with van der Waals surface area (Å²) in [6.45, 7) is 1.34. The smallest absolute Gasteiger partial charge is 0.358 e. The first kappa shape index (κ1) is 21.0. The number of fused-ring (bicyclic) bond motifs is 1. The monoisotopic (exact) mass is 459 g/mol. The first-order valence-electron chi connectivity index (χ1n) is 9.12. The minimum Gasteiger partial charge on any atom is -0.451 e. The van der Waals surface area contributed by atoms with Crippen molar-refractivity contribution in [1.82, 2.24) is 15.0 Å².